The molecule has 0 radical (unpaired) electrons. The van der Waals surface area contributed by atoms with Gasteiger partial charge < -0.3 is 112 Å². The van der Waals surface area contributed by atoms with E-state index in [1.807, 2.05) is 6.26 Å². The number of rotatable bonds is 49. The number of nitrogens with zero attached hydrogens (tertiary/aromatic N) is 4. The first-order valence-corrected chi connectivity index (χ1v) is 40.6. The van der Waals surface area contributed by atoms with Gasteiger partial charge in [-0.2, -0.15) is 24.4 Å². The lowest BCUT2D eigenvalue weighted by molar-refractivity contribution is -0.146. The minimum atomic E-state index is -1.69. The van der Waals surface area contributed by atoms with Gasteiger partial charge in [0, 0.05) is 38.4 Å². The molecule has 4 aliphatic heterocycles. The Morgan fingerprint density at radius 3 is 1.25 bits per heavy atom. The molecule has 0 bridgehead atoms. The molecule has 110 heavy (non-hydrogen) atoms. The number of carbonyl (C=O) groups is 16. The average molecular weight is 1600 g/mol. The summed E-state index contributed by atoms with van der Waals surface area (Å²) in [4.78, 5) is 227. The molecule has 16 atom stereocenters. The molecule has 15 amide bonds. The minimum Gasteiger partial charge on any atom is -0.480 e. The second-order valence-electron chi connectivity index (χ2n) is 29.4. The Balaban J connectivity index is 1.53. The van der Waals surface area contributed by atoms with Crippen molar-refractivity contribution in [3.63, 3.8) is 0 Å². The lowest BCUT2D eigenvalue weighted by atomic mass is 9.96. The molecule has 622 valence electrons. The van der Waals surface area contributed by atoms with Gasteiger partial charge in [-0.05, 0) is 179 Å². The van der Waals surface area contributed by atoms with E-state index in [0.29, 0.717) is 89.5 Å². The van der Waals surface area contributed by atoms with Gasteiger partial charge in [0.05, 0.1) is 18.6 Å². The Hall–Kier alpha value is -7.98. The summed E-state index contributed by atoms with van der Waals surface area (Å²) in [5.41, 5.74) is 34.8. The summed E-state index contributed by atoms with van der Waals surface area (Å²) < 4.78 is 0. The molecule has 0 spiro atoms. The van der Waals surface area contributed by atoms with Crippen LogP contribution in [0.2, 0.25) is 0 Å². The van der Waals surface area contributed by atoms with Crippen LogP contribution in [-0.2, 0) is 76.7 Å². The molecule has 4 rings (SSSR count). The predicted octanol–water partition coefficient (Wildman–Crippen LogP) is -4.59. The number of aliphatic hydroxyl groups is 1. The van der Waals surface area contributed by atoms with Crippen molar-refractivity contribution in [2.45, 2.75) is 273 Å². The Morgan fingerprint density at radius 2 is 0.827 bits per heavy atom. The van der Waals surface area contributed by atoms with Crippen molar-refractivity contribution in [2.24, 2.45) is 46.2 Å². The van der Waals surface area contributed by atoms with E-state index in [1.54, 1.807) is 27.7 Å². The van der Waals surface area contributed by atoms with E-state index in [0.717, 1.165) is 9.80 Å². The number of nitrogens with one attached hydrogen (secondary N) is 9. The monoisotopic (exact) mass is 1590 g/mol. The smallest absolute Gasteiger partial charge is 0.327 e. The van der Waals surface area contributed by atoms with Gasteiger partial charge in [-0.3, -0.25) is 71.9 Å². The van der Waals surface area contributed by atoms with Crippen molar-refractivity contribution in [3.05, 3.63) is 0 Å². The number of aliphatic hydroxyl groups excluding tert-OH is 1. The van der Waals surface area contributed by atoms with E-state index in [2.05, 4.69) is 60.5 Å². The number of carboxylic acids is 1. The van der Waals surface area contributed by atoms with Crippen LogP contribution in [0.3, 0.4) is 0 Å². The zero-order chi connectivity index (χ0) is 82.1. The highest BCUT2D eigenvalue weighted by atomic mass is 32.2. The second kappa shape index (κ2) is 48.1. The standard InChI is InChI=1S/C71H123N19O18S2/c1-7-40(4)56(66(102)80-45(25-26-54(76)92)60(96)82-47(36-39(2)3)61(97)83-48(37-55(77)93)69(105)89-33-15-22-51(89)63(99)84-49(38-109)71(107)108)85-64(100)53-24-17-34-90(53)70(106)57(41(5)91)86-65(101)52-23-16-32-88(52)68(104)46(20-10-13-30-74)81-59(95)43(18-8-11-28-72)78-58(94)44(19-9-12-29-73)79-62(98)50-21-14-31-87(50)67(103)42(75)27-35-110-6/h39-53,56-57,91,109H,7-38,72-75H2,1-6H3,(H2,76,92)(H2,77,93)(H,78,94)(H,79,98)(H,80,102)(H,81,95)(H,82,96)(H,83,97)(H,84,99)(H,85,100)(H,86,101)(H,107,108)/t40-,41+,42-,43-,44-,45-,46-,47-,48-,49-,50-,51-,52-,53-,56-,57-/m0/s1. The number of carbonyl (C=O) groups excluding carboxylic acids is 15. The molecule has 0 aromatic heterocycles. The highest BCUT2D eigenvalue weighted by Gasteiger charge is 2.46. The van der Waals surface area contributed by atoms with Gasteiger partial charge in [0.1, 0.15) is 78.5 Å². The van der Waals surface area contributed by atoms with Crippen LogP contribution in [-0.4, -0.2) is 279 Å². The van der Waals surface area contributed by atoms with Crippen molar-refractivity contribution in [1.82, 2.24) is 67.5 Å². The topological polar surface area (TPSA) is 591 Å². The van der Waals surface area contributed by atoms with Gasteiger partial charge >= 0.3 is 5.97 Å². The van der Waals surface area contributed by atoms with Gasteiger partial charge in [-0.25, -0.2) is 4.79 Å². The molecule has 0 saturated carbocycles. The maximum absolute atomic E-state index is 14.9. The summed E-state index contributed by atoms with van der Waals surface area (Å²) in [5, 5.41) is 44.5. The third-order valence-corrected chi connectivity index (χ3v) is 21.3. The first kappa shape index (κ1) is 94.4. The third kappa shape index (κ3) is 29.0. The molecule has 0 unspecified atom stereocenters. The summed E-state index contributed by atoms with van der Waals surface area (Å²) in [5.74, 6) is -14.0. The van der Waals surface area contributed by atoms with Crippen LogP contribution in [0, 0.1) is 11.8 Å². The fourth-order valence-corrected chi connectivity index (χ4v) is 14.7. The Morgan fingerprint density at radius 1 is 0.455 bits per heavy atom. The largest absolute Gasteiger partial charge is 0.480 e. The molecular formula is C71H123N19O18S2. The van der Waals surface area contributed by atoms with Crippen LogP contribution in [0.25, 0.3) is 0 Å². The Bertz CT molecular complexity index is 3160. The van der Waals surface area contributed by atoms with Crippen LogP contribution in [0.4, 0.5) is 0 Å². The lowest BCUT2D eigenvalue weighted by Gasteiger charge is -2.34. The summed E-state index contributed by atoms with van der Waals surface area (Å²) in [7, 11) is 0. The lowest BCUT2D eigenvalue weighted by Crippen LogP contribution is -2.62. The van der Waals surface area contributed by atoms with Gasteiger partial charge in [0.25, 0.3) is 0 Å². The number of amides is 15. The van der Waals surface area contributed by atoms with E-state index in [1.165, 1.54) is 28.5 Å². The number of hydrogen-bond acceptors (Lipinski definition) is 23. The number of primary amides is 2. The number of carboxylic acid groups (broad SMARTS) is 1. The summed E-state index contributed by atoms with van der Waals surface area (Å²) in [6, 6.07) is -18.3. The Kier molecular flexibility index (Phi) is 41.2. The van der Waals surface area contributed by atoms with Crippen molar-refractivity contribution < 1.29 is 86.9 Å². The van der Waals surface area contributed by atoms with Gasteiger partial charge in [-0.1, -0.05) is 34.1 Å². The first-order chi connectivity index (χ1) is 52.2. The number of aliphatic carboxylic acids is 1. The normalized spacial score (nSPS) is 20.2. The van der Waals surface area contributed by atoms with Crippen molar-refractivity contribution in [3.8, 4) is 0 Å². The molecule has 37 nitrogen and oxygen atoms in total. The zero-order valence-electron chi connectivity index (χ0n) is 64.5. The maximum atomic E-state index is 14.9. The average Bonchev–Trinajstić information content (AvgIpc) is 1.61. The third-order valence-electron chi connectivity index (χ3n) is 20.3. The maximum Gasteiger partial charge on any atom is 0.327 e. The fourth-order valence-electron chi connectivity index (χ4n) is 14.0. The van der Waals surface area contributed by atoms with E-state index in [-0.39, 0.29) is 108 Å². The van der Waals surface area contributed by atoms with Gasteiger partial charge in [-0.15, -0.1) is 0 Å². The molecule has 23 N–H and O–H groups in total. The summed E-state index contributed by atoms with van der Waals surface area (Å²) >= 11 is 5.51. The van der Waals surface area contributed by atoms with Crippen molar-refractivity contribution in [1.29, 1.82) is 0 Å². The van der Waals surface area contributed by atoms with E-state index < -0.39 is 205 Å². The van der Waals surface area contributed by atoms with E-state index in [9.17, 15) is 86.9 Å². The number of thiol groups is 1. The fraction of sp³-hybridized carbons (Fsp3) is 0.775. The zero-order valence-corrected chi connectivity index (χ0v) is 66.2. The molecule has 0 aliphatic carbocycles. The highest BCUT2D eigenvalue weighted by molar-refractivity contribution is 7.98. The molecule has 39 heteroatoms. The minimum absolute atomic E-state index is 0.0102. The van der Waals surface area contributed by atoms with Crippen LogP contribution in [0.5, 0.6) is 0 Å². The molecule has 4 fully saturated rings. The number of hydrogen-bond donors (Lipinski definition) is 18. The van der Waals surface area contributed by atoms with Crippen molar-refractivity contribution >= 4 is 119 Å². The van der Waals surface area contributed by atoms with Gasteiger partial charge in [0.15, 0.2) is 0 Å². The first-order valence-electron chi connectivity index (χ1n) is 38.6. The van der Waals surface area contributed by atoms with E-state index >= 15 is 0 Å². The number of likely N-dealkylation sites (tertiary alicyclic amines) is 4. The van der Waals surface area contributed by atoms with Crippen LogP contribution < -0.4 is 82.3 Å². The van der Waals surface area contributed by atoms with Gasteiger partial charge in [0.2, 0.25) is 88.6 Å². The van der Waals surface area contributed by atoms with Crippen LogP contribution >= 0.6 is 24.4 Å². The van der Waals surface area contributed by atoms with Crippen molar-refractivity contribution in [2.75, 3.05) is 63.6 Å². The predicted molar refractivity (Wildman–Crippen MR) is 410 cm³/mol. The van der Waals surface area contributed by atoms with Crippen LogP contribution in [0.15, 0.2) is 0 Å². The second-order valence-corrected chi connectivity index (χ2v) is 30.7. The SMILES string of the molecule is CC[C@H](C)[C@H](NC(=O)[C@@H]1CCCN1C(=O)[C@@H](NC(=O)[C@@H]1CCCN1C(=O)[C@H](CCCCN)NC(=O)[C@H](CCCCN)NC(=O)[C@H](CCCCN)NC(=O)[C@@H]1CCCN1C(=O)[C@@H](N)CCSC)[C@@H](C)O)C(=O)N[C@@H](CCC(N)=O)C(=O)N[C@@H](CC(C)C)C(=O)N[C@@H](CC(N)=O)C(=O)N1CCC[C@H]1C(=O)N[C@@H](CS)C(=O)O. The summed E-state index contributed by atoms with van der Waals surface area (Å²) in [6.45, 7) is 9.13. The molecule has 4 aliphatic rings. The highest BCUT2D eigenvalue weighted by Crippen LogP contribution is 2.26. The molecule has 4 saturated heterocycles. The molecule has 0 aromatic carbocycles. The number of thioether (sulfide) groups is 1. The molecule has 4 heterocycles. The number of unbranched alkanes of at least 4 members (excludes halogenated alkanes) is 3. The van der Waals surface area contributed by atoms with E-state index in [4.69, 9.17) is 34.4 Å². The summed E-state index contributed by atoms with van der Waals surface area (Å²) in [6.07, 6.45) is 4.16. The molecular weight excluding hydrogens is 1470 g/mol. The van der Waals surface area contributed by atoms with Crippen LogP contribution in [0.1, 0.15) is 182 Å². The molecule has 0 aromatic rings. The Labute approximate surface area is 653 Å². The quantitative estimate of drug-likeness (QED) is 0.0201. The number of nitrogens with two attached hydrogens (primary N) is 6.